The molecule has 0 aromatic heterocycles. The summed E-state index contributed by atoms with van der Waals surface area (Å²) < 4.78 is 16.4. The molecule has 0 saturated heterocycles. The van der Waals surface area contributed by atoms with Gasteiger partial charge in [-0.3, -0.25) is 23.5 Å². The van der Waals surface area contributed by atoms with Crippen molar-refractivity contribution in [3.63, 3.8) is 0 Å². The van der Waals surface area contributed by atoms with Gasteiger partial charge in [0.05, 0.1) is 28.4 Å². The maximum atomic E-state index is 12.2. The first-order valence-electron chi connectivity index (χ1n) is 5.43. The summed E-state index contributed by atoms with van der Waals surface area (Å²) >= 11 is 0. The molecule has 2 amide bonds. The van der Waals surface area contributed by atoms with Crippen LogP contribution in [0.2, 0.25) is 0 Å². The lowest BCUT2D eigenvalue weighted by Crippen LogP contribution is -2.41. The summed E-state index contributed by atoms with van der Waals surface area (Å²) in [5.74, 6) is -2.30. The molecule has 1 aromatic carbocycles. The number of fused-ring (bicyclic) bond motifs is 1. The van der Waals surface area contributed by atoms with Crippen molar-refractivity contribution in [2.45, 2.75) is 4.90 Å². The van der Waals surface area contributed by atoms with E-state index in [1.165, 1.54) is 19.2 Å². The Hall–Kier alpha value is -2.02. The number of rotatable bonds is 2. The summed E-state index contributed by atoms with van der Waals surface area (Å²) in [6.07, 6.45) is 0. The van der Waals surface area contributed by atoms with E-state index in [4.69, 9.17) is 0 Å². The maximum Gasteiger partial charge on any atom is 0.325 e. The number of benzene rings is 1. The number of methoxy groups -OCH3 is 1. The molecule has 1 unspecified atom stereocenters. The third-order valence-corrected chi connectivity index (χ3v) is 4.03. The van der Waals surface area contributed by atoms with E-state index in [-0.39, 0.29) is 11.3 Å². The number of carbonyl (C=O) groups is 3. The van der Waals surface area contributed by atoms with E-state index < -0.39 is 35.1 Å². The Morgan fingerprint density at radius 2 is 2.05 bits per heavy atom. The van der Waals surface area contributed by atoms with Crippen LogP contribution in [0.4, 0.5) is 0 Å². The van der Waals surface area contributed by atoms with Crippen molar-refractivity contribution < 1.29 is 23.3 Å². The second-order valence-corrected chi connectivity index (χ2v) is 5.27. The van der Waals surface area contributed by atoms with Gasteiger partial charge in [-0.05, 0) is 12.1 Å². The molecule has 0 saturated carbocycles. The van der Waals surface area contributed by atoms with Crippen LogP contribution < -0.4 is 0 Å². The van der Waals surface area contributed by atoms with Crippen LogP contribution in [0, 0.1) is 0 Å². The van der Waals surface area contributed by atoms with Crippen molar-refractivity contribution in [2.75, 3.05) is 19.4 Å². The van der Waals surface area contributed by atoms with E-state index in [0.717, 1.165) is 4.90 Å². The first kappa shape index (κ1) is 13.4. The molecular weight excluding hydrogens is 270 g/mol. The molecule has 7 heteroatoms. The Morgan fingerprint density at radius 1 is 1.37 bits per heavy atom. The SMILES string of the molecule is COC(=O)CN1C(=O)CS(=O)c2ccccc2C1=O. The average molecular weight is 281 g/mol. The highest BCUT2D eigenvalue weighted by Crippen LogP contribution is 2.20. The van der Waals surface area contributed by atoms with Gasteiger partial charge < -0.3 is 4.74 Å². The van der Waals surface area contributed by atoms with Gasteiger partial charge in [-0.15, -0.1) is 0 Å². The van der Waals surface area contributed by atoms with E-state index in [2.05, 4.69) is 4.74 Å². The van der Waals surface area contributed by atoms with E-state index in [0.29, 0.717) is 4.90 Å². The lowest BCUT2D eigenvalue weighted by molar-refractivity contribution is -0.144. The molecule has 0 aliphatic carbocycles. The molecular formula is C12H11NO5S. The Morgan fingerprint density at radius 3 is 2.74 bits per heavy atom. The van der Waals surface area contributed by atoms with Crippen molar-refractivity contribution in [2.24, 2.45) is 0 Å². The number of hydrogen-bond acceptors (Lipinski definition) is 5. The number of imide groups is 1. The minimum absolute atomic E-state index is 0.176. The quantitative estimate of drug-likeness (QED) is 0.561. The smallest absolute Gasteiger partial charge is 0.325 e. The summed E-state index contributed by atoms with van der Waals surface area (Å²) in [5, 5.41) is 0. The monoisotopic (exact) mass is 281 g/mol. The number of nitrogens with zero attached hydrogens (tertiary/aromatic N) is 1. The van der Waals surface area contributed by atoms with Gasteiger partial charge in [0.25, 0.3) is 5.91 Å². The number of hydrogen-bond donors (Lipinski definition) is 0. The van der Waals surface area contributed by atoms with Crippen LogP contribution in [0.1, 0.15) is 10.4 Å². The van der Waals surface area contributed by atoms with Crippen LogP contribution >= 0.6 is 0 Å². The second kappa shape index (κ2) is 5.31. The summed E-state index contributed by atoms with van der Waals surface area (Å²) in [4.78, 5) is 36.4. The molecule has 0 N–H and O–H groups in total. The van der Waals surface area contributed by atoms with E-state index in [9.17, 15) is 18.6 Å². The highest BCUT2D eigenvalue weighted by Gasteiger charge is 2.33. The molecule has 1 aliphatic heterocycles. The predicted molar refractivity (Wildman–Crippen MR) is 65.8 cm³/mol. The third kappa shape index (κ3) is 2.55. The zero-order chi connectivity index (χ0) is 14.0. The maximum absolute atomic E-state index is 12.2. The number of carbonyl (C=O) groups excluding carboxylic acids is 3. The Bertz CT molecular complexity index is 583. The van der Waals surface area contributed by atoms with Crippen LogP contribution in [0.15, 0.2) is 29.2 Å². The number of amides is 2. The molecule has 2 rings (SSSR count). The molecule has 19 heavy (non-hydrogen) atoms. The third-order valence-electron chi connectivity index (χ3n) is 2.68. The number of esters is 1. The lowest BCUT2D eigenvalue weighted by Gasteiger charge is -2.16. The number of ether oxygens (including phenoxy) is 1. The van der Waals surface area contributed by atoms with Crippen molar-refractivity contribution in [1.82, 2.24) is 4.90 Å². The molecule has 0 fully saturated rings. The minimum Gasteiger partial charge on any atom is -0.468 e. The average Bonchev–Trinajstić information content (AvgIpc) is 2.50. The highest BCUT2D eigenvalue weighted by molar-refractivity contribution is 7.86. The van der Waals surface area contributed by atoms with Crippen LogP contribution in [0.5, 0.6) is 0 Å². The predicted octanol–water partition coefficient (Wildman–Crippen LogP) is -0.0504. The first-order valence-corrected chi connectivity index (χ1v) is 6.75. The fourth-order valence-electron chi connectivity index (χ4n) is 1.72. The Balaban J connectivity index is 2.43. The second-order valence-electron chi connectivity index (χ2n) is 3.85. The first-order chi connectivity index (χ1) is 9.04. The Labute approximate surface area is 111 Å². The molecule has 1 aromatic rings. The molecule has 100 valence electrons. The van der Waals surface area contributed by atoms with Gasteiger partial charge in [-0.2, -0.15) is 0 Å². The largest absolute Gasteiger partial charge is 0.468 e. The summed E-state index contributed by atoms with van der Waals surface area (Å²) in [6, 6.07) is 6.28. The normalized spacial score (nSPS) is 18.8. The van der Waals surface area contributed by atoms with Crippen LogP contribution in [-0.4, -0.2) is 46.3 Å². The molecule has 1 aliphatic rings. The van der Waals surface area contributed by atoms with Crippen molar-refractivity contribution in [3.05, 3.63) is 29.8 Å². The van der Waals surface area contributed by atoms with Gasteiger partial charge in [0, 0.05) is 0 Å². The van der Waals surface area contributed by atoms with E-state index >= 15 is 0 Å². The fraction of sp³-hybridized carbons (Fsp3) is 0.250. The van der Waals surface area contributed by atoms with Gasteiger partial charge in [-0.1, -0.05) is 12.1 Å². The van der Waals surface area contributed by atoms with Crippen LogP contribution in [0.25, 0.3) is 0 Å². The molecule has 0 radical (unpaired) electrons. The molecule has 1 heterocycles. The van der Waals surface area contributed by atoms with Crippen molar-refractivity contribution in [1.29, 1.82) is 0 Å². The summed E-state index contributed by atoms with van der Waals surface area (Å²) in [6.45, 7) is -0.473. The zero-order valence-electron chi connectivity index (χ0n) is 10.1. The van der Waals surface area contributed by atoms with Gasteiger partial charge in [0.1, 0.15) is 12.3 Å². The molecule has 6 nitrogen and oxygen atoms in total. The topological polar surface area (TPSA) is 80.8 Å². The summed E-state index contributed by atoms with van der Waals surface area (Å²) in [5.41, 5.74) is 0.176. The summed E-state index contributed by atoms with van der Waals surface area (Å²) in [7, 11) is -0.417. The van der Waals surface area contributed by atoms with Crippen molar-refractivity contribution in [3.8, 4) is 0 Å². The van der Waals surface area contributed by atoms with Crippen LogP contribution in [-0.2, 0) is 25.1 Å². The van der Waals surface area contributed by atoms with Crippen LogP contribution in [0.3, 0.4) is 0 Å². The molecule has 0 bridgehead atoms. The molecule has 1 atom stereocenters. The van der Waals surface area contributed by atoms with E-state index in [1.807, 2.05) is 0 Å². The zero-order valence-corrected chi connectivity index (χ0v) is 10.9. The minimum atomic E-state index is -1.58. The van der Waals surface area contributed by atoms with E-state index in [1.54, 1.807) is 12.1 Å². The van der Waals surface area contributed by atoms with Gasteiger partial charge in [-0.25, -0.2) is 0 Å². The van der Waals surface area contributed by atoms with Crippen molar-refractivity contribution >= 4 is 28.6 Å². The fourth-order valence-corrected chi connectivity index (χ4v) is 2.89. The Kier molecular flexibility index (Phi) is 3.75. The molecule has 0 spiro atoms. The van der Waals surface area contributed by atoms with Gasteiger partial charge >= 0.3 is 5.97 Å². The lowest BCUT2D eigenvalue weighted by atomic mass is 10.2. The standard InChI is InChI=1S/C12H11NO5S/c1-18-11(15)6-13-10(14)7-19(17)9-5-3-2-4-8(9)12(13)16/h2-5H,6-7H2,1H3. The highest BCUT2D eigenvalue weighted by atomic mass is 32.2. The van der Waals surface area contributed by atoms with Gasteiger partial charge in [0.2, 0.25) is 5.91 Å². The van der Waals surface area contributed by atoms with Gasteiger partial charge in [0.15, 0.2) is 0 Å².